The van der Waals surface area contributed by atoms with Crippen LogP contribution < -0.4 is 4.90 Å². The van der Waals surface area contributed by atoms with E-state index in [2.05, 4.69) is 87.7 Å². The van der Waals surface area contributed by atoms with Crippen molar-refractivity contribution in [1.82, 2.24) is 4.57 Å². The van der Waals surface area contributed by atoms with Gasteiger partial charge in [-0.15, -0.1) is 0 Å². The fourth-order valence-corrected chi connectivity index (χ4v) is 3.73. The zero-order valence-corrected chi connectivity index (χ0v) is 13.4. The number of nitrogens with zero attached hydrogens (tertiary/aromatic N) is 2. The lowest BCUT2D eigenvalue weighted by atomic mass is 10.1. The summed E-state index contributed by atoms with van der Waals surface area (Å²) in [6, 6.07) is 15.1. The molecular formula is C18H15BrN2. The molecule has 4 rings (SSSR count). The van der Waals surface area contributed by atoms with E-state index < -0.39 is 0 Å². The Morgan fingerprint density at radius 3 is 2.81 bits per heavy atom. The van der Waals surface area contributed by atoms with Crippen LogP contribution in [0.25, 0.3) is 16.6 Å². The molecule has 0 spiro atoms. The number of aryl methyl sites for hydroxylation is 1. The average molecular weight is 339 g/mol. The van der Waals surface area contributed by atoms with Crippen LogP contribution in [0.15, 0.2) is 59.7 Å². The molecule has 0 saturated heterocycles. The van der Waals surface area contributed by atoms with Crippen molar-refractivity contribution >= 4 is 38.2 Å². The second-order valence-electron chi connectivity index (χ2n) is 5.48. The van der Waals surface area contributed by atoms with Gasteiger partial charge in [-0.25, -0.2) is 0 Å². The molecule has 0 saturated carbocycles. The van der Waals surface area contributed by atoms with Gasteiger partial charge in [0.1, 0.15) is 0 Å². The van der Waals surface area contributed by atoms with Crippen molar-refractivity contribution in [2.45, 2.75) is 6.54 Å². The maximum absolute atomic E-state index is 4.29. The minimum Gasteiger partial charge on any atom is -0.350 e. The lowest BCUT2D eigenvalue weighted by Gasteiger charge is -2.20. The Bertz CT molecular complexity index is 876. The van der Waals surface area contributed by atoms with Gasteiger partial charge in [-0.05, 0) is 35.2 Å². The largest absolute Gasteiger partial charge is 0.350 e. The topological polar surface area (TPSA) is 8.17 Å². The predicted molar refractivity (Wildman–Crippen MR) is 92.3 cm³/mol. The Morgan fingerprint density at radius 2 is 2.00 bits per heavy atom. The number of fused-ring (bicyclic) bond motifs is 2. The molecule has 0 unspecified atom stereocenters. The molecule has 0 amide bonds. The maximum atomic E-state index is 4.29. The molecule has 0 fully saturated rings. The van der Waals surface area contributed by atoms with Crippen LogP contribution >= 0.6 is 15.9 Å². The van der Waals surface area contributed by atoms with Crippen molar-refractivity contribution in [1.29, 1.82) is 0 Å². The van der Waals surface area contributed by atoms with Crippen molar-refractivity contribution in [2.75, 3.05) is 4.90 Å². The summed E-state index contributed by atoms with van der Waals surface area (Å²) in [5, 5.41) is 1.27. The molecule has 0 atom stereocenters. The molecule has 0 aliphatic carbocycles. The number of rotatable bonds is 1. The van der Waals surface area contributed by atoms with Crippen LogP contribution in [0.2, 0.25) is 0 Å². The Kier molecular flexibility index (Phi) is 2.73. The number of hydrogen-bond donors (Lipinski definition) is 0. The van der Waals surface area contributed by atoms with Crippen molar-refractivity contribution in [3.63, 3.8) is 0 Å². The van der Waals surface area contributed by atoms with E-state index in [0.29, 0.717) is 0 Å². The first-order chi connectivity index (χ1) is 10.1. The molecule has 104 valence electrons. The molecule has 3 heteroatoms. The first kappa shape index (κ1) is 12.7. The average Bonchev–Trinajstić information content (AvgIpc) is 3.01. The highest BCUT2D eigenvalue weighted by atomic mass is 79.9. The smallest absolute Gasteiger partial charge is 0.0498 e. The predicted octanol–water partition coefficient (Wildman–Crippen LogP) is 4.93. The van der Waals surface area contributed by atoms with Gasteiger partial charge in [0, 0.05) is 46.7 Å². The zero-order chi connectivity index (χ0) is 14.6. The second kappa shape index (κ2) is 4.50. The molecule has 3 aromatic rings. The highest BCUT2D eigenvalue weighted by Gasteiger charge is 2.25. The molecule has 1 aliphatic rings. The summed E-state index contributed by atoms with van der Waals surface area (Å²) in [7, 11) is 2.08. The highest BCUT2D eigenvalue weighted by Crippen LogP contribution is 2.40. The van der Waals surface area contributed by atoms with Gasteiger partial charge in [-0.3, -0.25) is 0 Å². The maximum Gasteiger partial charge on any atom is 0.0498 e. The van der Waals surface area contributed by atoms with Gasteiger partial charge in [0.25, 0.3) is 0 Å². The van der Waals surface area contributed by atoms with Crippen molar-refractivity contribution in [3.05, 3.63) is 70.8 Å². The Morgan fingerprint density at radius 1 is 1.14 bits per heavy atom. The number of anilines is 1. The zero-order valence-electron chi connectivity index (χ0n) is 11.8. The number of hydrogen-bond acceptors (Lipinski definition) is 1. The van der Waals surface area contributed by atoms with E-state index in [0.717, 1.165) is 16.7 Å². The van der Waals surface area contributed by atoms with Gasteiger partial charge in [0.05, 0.1) is 0 Å². The van der Waals surface area contributed by atoms with Gasteiger partial charge in [0.15, 0.2) is 0 Å². The third-order valence-electron chi connectivity index (χ3n) is 4.23. The molecule has 1 aliphatic heterocycles. The summed E-state index contributed by atoms with van der Waals surface area (Å²) in [4.78, 5) is 2.28. The van der Waals surface area contributed by atoms with Gasteiger partial charge in [0.2, 0.25) is 0 Å². The summed E-state index contributed by atoms with van der Waals surface area (Å²) in [5.41, 5.74) is 6.05. The van der Waals surface area contributed by atoms with Crippen LogP contribution in [-0.4, -0.2) is 4.57 Å². The van der Waals surface area contributed by atoms with E-state index in [1.807, 2.05) is 0 Å². The van der Waals surface area contributed by atoms with Crippen LogP contribution in [-0.2, 0) is 13.6 Å². The van der Waals surface area contributed by atoms with Crippen LogP contribution in [0.4, 0.5) is 5.69 Å². The summed E-state index contributed by atoms with van der Waals surface area (Å²) in [6.07, 6.45) is 2.10. The first-order valence-electron chi connectivity index (χ1n) is 6.94. The quantitative estimate of drug-likeness (QED) is 0.610. The van der Waals surface area contributed by atoms with E-state index in [1.54, 1.807) is 0 Å². The fraction of sp³-hybridized carbons (Fsp3) is 0.111. The van der Waals surface area contributed by atoms with E-state index in [9.17, 15) is 0 Å². The fourth-order valence-electron chi connectivity index (χ4n) is 3.09. The Labute approximate surface area is 132 Å². The lowest BCUT2D eigenvalue weighted by Crippen LogP contribution is -2.12. The Balaban J connectivity index is 1.82. The van der Waals surface area contributed by atoms with E-state index in [-0.39, 0.29) is 0 Å². The lowest BCUT2D eigenvalue weighted by molar-refractivity contribution is 0.967. The number of benzene rings is 2. The molecule has 21 heavy (non-hydrogen) atoms. The number of aromatic nitrogens is 1. The summed E-state index contributed by atoms with van der Waals surface area (Å²) in [5.74, 6) is 0. The standard InChI is InChI=1S/C18H15BrN2/c1-12-18-14(4-3-5-16(18)19)11-21(12)15-7-6-13-8-9-20(2)17(13)10-15/h3-10H,1,11H2,2H3. The molecule has 0 radical (unpaired) electrons. The minimum absolute atomic E-state index is 0.879. The van der Waals surface area contributed by atoms with Crippen LogP contribution in [0.5, 0.6) is 0 Å². The normalized spacial score (nSPS) is 14.0. The molecular weight excluding hydrogens is 324 g/mol. The third-order valence-corrected chi connectivity index (χ3v) is 4.89. The number of halogens is 1. The first-order valence-corrected chi connectivity index (χ1v) is 7.74. The SMILES string of the molecule is C=C1c2c(Br)cccc2CN1c1ccc2ccn(C)c2c1. The van der Waals surface area contributed by atoms with Crippen molar-refractivity contribution < 1.29 is 0 Å². The molecule has 2 aromatic carbocycles. The van der Waals surface area contributed by atoms with Crippen LogP contribution in [0.3, 0.4) is 0 Å². The van der Waals surface area contributed by atoms with Crippen molar-refractivity contribution in [3.8, 4) is 0 Å². The minimum atomic E-state index is 0.879. The second-order valence-corrected chi connectivity index (χ2v) is 6.33. The molecule has 2 nitrogen and oxygen atoms in total. The van der Waals surface area contributed by atoms with Gasteiger partial charge >= 0.3 is 0 Å². The van der Waals surface area contributed by atoms with Crippen LogP contribution in [0, 0.1) is 0 Å². The highest BCUT2D eigenvalue weighted by molar-refractivity contribution is 9.10. The van der Waals surface area contributed by atoms with E-state index in [1.165, 1.54) is 27.7 Å². The molecule has 2 heterocycles. The monoisotopic (exact) mass is 338 g/mol. The van der Waals surface area contributed by atoms with Crippen molar-refractivity contribution in [2.24, 2.45) is 7.05 Å². The molecule has 0 bridgehead atoms. The van der Waals surface area contributed by atoms with Gasteiger partial charge < -0.3 is 9.47 Å². The Hall–Kier alpha value is -2.00. The van der Waals surface area contributed by atoms with E-state index >= 15 is 0 Å². The summed E-state index contributed by atoms with van der Waals surface area (Å²) < 4.78 is 3.27. The van der Waals surface area contributed by atoms with E-state index in [4.69, 9.17) is 0 Å². The third kappa shape index (κ3) is 1.84. The molecule has 0 N–H and O–H groups in total. The van der Waals surface area contributed by atoms with Gasteiger partial charge in [-0.1, -0.05) is 40.7 Å². The van der Waals surface area contributed by atoms with Crippen LogP contribution in [0.1, 0.15) is 11.1 Å². The molecule has 1 aromatic heterocycles. The summed E-state index contributed by atoms with van der Waals surface area (Å²) >= 11 is 3.64. The summed E-state index contributed by atoms with van der Waals surface area (Å²) in [6.45, 7) is 5.17. The van der Waals surface area contributed by atoms with Gasteiger partial charge in [-0.2, -0.15) is 0 Å².